The molecule has 11 heavy (non-hydrogen) atoms. The van der Waals surface area contributed by atoms with E-state index in [1.807, 2.05) is 0 Å². The summed E-state index contributed by atoms with van der Waals surface area (Å²) in [6, 6.07) is 2.60. The highest BCUT2D eigenvalue weighted by Crippen LogP contribution is 2.20. The molecule has 62 valence electrons. The second-order valence-electron chi connectivity index (χ2n) is 3.41. The first-order valence-corrected chi connectivity index (χ1v) is 3.91. The molecule has 1 rings (SSSR count). The number of rotatable bonds is 3. The van der Waals surface area contributed by atoms with Crippen LogP contribution in [0.2, 0.25) is 0 Å². The molecule has 0 unspecified atom stereocenters. The molecule has 1 saturated heterocycles. The van der Waals surface area contributed by atoms with Crippen LogP contribution in [0.25, 0.3) is 0 Å². The average Bonchev–Trinajstić information content (AvgIpc) is 1.82. The van der Waals surface area contributed by atoms with Crippen molar-refractivity contribution >= 4 is 0 Å². The lowest BCUT2D eigenvalue weighted by Crippen LogP contribution is -2.62. The first-order valence-electron chi connectivity index (χ1n) is 3.91. The highest BCUT2D eigenvalue weighted by atomic mass is 16.5. The highest BCUT2D eigenvalue weighted by Gasteiger charge is 2.38. The Morgan fingerprint density at radius 2 is 2.27 bits per heavy atom. The van der Waals surface area contributed by atoms with Crippen molar-refractivity contribution in [1.82, 2.24) is 5.32 Å². The Hall–Kier alpha value is -0.590. The van der Waals surface area contributed by atoms with Crippen LogP contribution in [0.15, 0.2) is 0 Å². The zero-order chi connectivity index (χ0) is 8.32. The summed E-state index contributed by atoms with van der Waals surface area (Å²) >= 11 is 0. The molecule has 1 aliphatic rings. The largest absolute Gasteiger partial charge is 0.377 e. The Bertz CT molecular complexity index is 167. The average molecular weight is 154 g/mol. The fourth-order valence-corrected chi connectivity index (χ4v) is 1.35. The minimum atomic E-state index is -0.0388. The predicted molar refractivity (Wildman–Crippen MR) is 42.1 cm³/mol. The fourth-order valence-electron chi connectivity index (χ4n) is 1.35. The third-order valence-electron chi connectivity index (χ3n) is 1.77. The molecule has 3 heteroatoms. The zero-order valence-corrected chi connectivity index (χ0v) is 7.05. The lowest BCUT2D eigenvalue weighted by molar-refractivity contribution is -0.0753. The van der Waals surface area contributed by atoms with Gasteiger partial charge in [-0.05, 0) is 0 Å². The summed E-state index contributed by atoms with van der Waals surface area (Å²) in [6.07, 6.45) is 0.547. The molecule has 0 atom stereocenters. The molecule has 0 bridgehead atoms. The van der Waals surface area contributed by atoms with E-state index in [1.165, 1.54) is 0 Å². The van der Waals surface area contributed by atoms with Crippen LogP contribution in [0.4, 0.5) is 0 Å². The first-order chi connectivity index (χ1) is 5.18. The summed E-state index contributed by atoms with van der Waals surface area (Å²) in [5.41, 5.74) is -0.0388. The third-order valence-corrected chi connectivity index (χ3v) is 1.77. The van der Waals surface area contributed by atoms with Gasteiger partial charge in [0.05, 0.1) is 31.2 Å². The molecule has 0 radical (unpaired) electrons. The van der Waals surface area contributed by atoms with Crippen molar-refractivity contribution in [2.24, 2.45) is 0 Å². The maximum atomic E-state index is 8.53. The molecule has 0 aromatic rings. The summed E-state index contributed by atoms with van der Waals surface area (Å²) in [5, 5.41) is 11.9. The van der Waals surface area contributed by atoms with E-state index in [-0.39, 0.29) is 5.54 Å². The molecule has 1 fully saturated rings. The van der Waals surface area contributed by atoms with Crippen molar-refractivity contribution in [3.63, 3.8) is 0 Å². The van der Waals surface area contributed by atoms with Gasteiger partial charge in [0, 0.05) is 6.04 Å². The van der Waals surface area contributed by atoms with Crippen molar-refractivity contribution in [3.05, 3.63) is 0 Å². The number of hydrogen-bond acceptors (Lipinski definition) is 3. The van der Waals surface area contributed by atoms with Gasteiger partial charge in [-0.3, -0.25) is 0 Å². The van der Waals surface area contributed by atoms with Crippen LogP contribution in [-0.2, 0) is 4.74 Å². The Labute approximate surface area is 67.3 Å². The van der Waals surface area contributed by atoms with E-state index in [1.54, 1.807) is 0 Å². The van der Waals surface area contributed by atoms with Crippen LogP contribution < -0.4 is 5.32 Å². The molecule has 0 saturated carbocycles. The number of ether oxygens (including phenoxy) is 1. The second-order valence-corrected chi connectivity index (χ2v) is 3.41. The van der Waals surface area contributed by atoms with Crippen molar-refractivity contribution in [2.45, 2.75) is 31.8 Å². The van der Waals surface area contributed by atoms with Gasteiger partial charge in [-0.1, -0.05) is 13.8 Å². The van der Waals surface area contributed by atoms with Gasteiger partial charge in [0.15, 0.2) is 0 Å². The van der Waals surface area contributed by atoms with Gasteiger partial charge in [0.25, 0.3) is 0 Å². The molecule has 0 aromatic carbocycles. The van der Waals surface area contributed by atoms with Gasteiger partial charge in [0.2, 0.25) is 0 Å². The van der Waals surface area contributed by atoms with Crippen LogP contribution in [0.3, 0.4) is 0 Å². The van der Waals surface area contributed by atoms with Crippen LogP contribution in [-0.4, -0.2) is 24.8 Å². The van der Waals surface area contributed by atoms with Crippen molar-refractivity contribution in [2.75, 3.05) is 13.2 Å². The molecule has 1 aliphatic heterocycles. The quantitative estimate of drug-likeness (QED) is 0.649. The van der Waals surface area contributed by atoms with E-state index in [2.05, 4.69) is 25.2 Å². The lowest BCUT2D eigenvalue weighted by Gasteiger charge is -2.42. The zero-order valence-electron chi connectivity index (χ0n) is 7.05. The van der Waals surface area contributed by atoms with Crippen LogP contribution in [0.1, 0.15) is 20.3 Å². The summed E-state index contributed by atoms with van der Waals surface area (Å²) < 4.78 is 5.08. The standard InChI is InChI=1S/C8H14N2O/c1-7(2)10-8(3-4-9)5-11-6-8/h7,10H,3,5-6H2,1-2H3. The molecule has 1 heterocycles. The summed E-state index contributed by atoms with van der Waals surface area (Å²) in [7, 11) is 0. The molecular weight excluding hydrogens is 140 g/mol. The van der Waals surface area contributed by atoms with Crippen LogP contribution in [0.5, 0.6) is 0 Å². The van der Waals surface area contributed by atoms with E-state index in [0.717, 1.165) is 0 Å². The number of nitrogens with one attached hydrogen (secondary N) is 1. The summed E-state index contributed by atoms with van der Waals surface area (Å²) in [6.45, 7) is 5.52. The van der Waals surface area contributed by atoms with Crippen molar-refractivity contribution < 1.29 is 4.74 Å². The Morgan fingerprint density at radius 3 is 2.55 bits per heavy atom. The van der Waals surface area contributed by atoms with E-state index < -0.39 is 0 Å². The summed E-state index contributed by atoms with van der Waals surface area (Å²) in [4.78, 5) is 0. The maximum Gasteiger partial charge on any atom is 0.0786 e. The smallest absolute Gasteiger partial charge is 0.0786 e. The minimum Gasteiger partial charge on any atom is -0.377 e. The molecule has 3 nitrogen and oxygen atoms in total. The predicted octanol–water partition coefficient (Wildman–Crippen LogP) is 0.667. The fraction of sp³-hybridized carbons (Fsp3) is 0.875. The Morgan fingerprint density at radius 1 is 1.64 bits per heavy atom. The molecular formula is C8H14N2O. The highest BCUT2D eigenvalue weighted by molar-refractivity contribution is 5.01. The van der Waals surface area contributed by atoms with Crippen molar-refractivity contribution in [1.29, 1.82) is 5.26 Å². The maximum absolute atomic E-state index is 8.53. The SMILES string of the molecule is CC(C)NC1(CC#N)COC1. The minimum absolute atomic E-state index is 0.0388. The molecule has 0 amide bonds. The molecule has 0 aromatic heterocycles. The van der Waals surface area contributed by atoms with E-state index in [9.17, 15) is 0 Å². The van der Waals surface area contributed by atoms with Gasteiger partial charge in [-0.25, -0.2) is 0 Å². The topological polar surface area (TPSA) is 45.0 Å². The van der Waals surface area contributed by atoms with Gasteiger partial charge in [-0.2, -0.15) is 5.26 Å². The van der Waals surface area contributed by atoms with E-state index in [0.29, 0.717) is 25.7 Å². The van der Waals surface area contributed by atoms with Gasteiger partial charge < -0.3 is 10.1 Å². The lowest BCUT2D eigenvalue weighted by atomic mass is 9.93. The van der Waals surface area contributed by atoms with Gasteiger partial charge in [0.1, 0.15) is 0 Å². The van der Waals surface area contributed by atoms with Gasteiger partial charge >= 0.3 is 0 Å². The molecule has 0 aliphatic carbocycles. The summed E-state index contributed by atoms with van der Waals surface area (Å²) in [5.74, 6) is 0. The van der Waals surface area contributed by atoms with Gasteiger partial charge in [-0.15, -0.1) is 0 Å². The molecule has 0 spiro atoms. The first kappa shape index (κ1) is 8.51. The van der Waals surface area contributed by atoms with Crippen LogP contribution in [0, 0.1) is 11.3 Å². The normalized spacial score (nSPS) is 20.9. The monoisotopic (exact) mass is 154 g/mol. The molecule has 1 N–H and O–H groups in total. The Kier molecular flexibility index (Phi) is 2.48. The second kappa shape index (κ2) is 3.21. The number of nitrogens with zero attached hydrogens (tertiary/aromatic N) is 1. The van der Waals surface area contributed by atoms with Crippen LogP contribution >= 0.6 is 0 Å². The van der Waals surface area contributed by atoms with E-state index in [4.69, 9.17) is 10.00 Å². The third kappa shape index (κ3) is 1.92. The number of hydrogen-bond donors (Lipinski definition) is 1. The number of nitriles is 1. The van der Waals surface area contributed by atoms with Crippen molar-refractivity contribution in [3.8, 4) is 6.07 Å². The Balaban J connectivity index is 2.41. The van der Waals surface area contributed by atoms with E-state index >= 15 is 0 Å².